The van der Waals surface area contributed by atoms with E-state index in [0.717, 1.165) is 12.3 Å². The molecule has 1 aromatic carbocycles. The van der Waals surface area contributed by atoms with Crippen LogP contribution in [0.25, 0.3) is 0 Å². The molecule has 0 saturated carbocycles. The fraction of sp³-hybridized carbons (Fsp3) is 0.571. The predicted molar refractivity (Wildman–Crippen MR) is 117 cm³/mol. The predicted octanol–water partition coefficient (Wildman–Crippen LogP) is 1.00. The number of nitriles is 1. The number of sulfonamides is 1. The van der Waals surface area contributed by atoms with Crippen molar-refractivity contribution < 1.29 is 41.0 Å². The Hall–Kier alpha value is -2.89. The van der Waals surface area contributed by atoms with E-state index in [2.05, 4.69) is 14.8 Å². The van der Waals surface area contributed by atoms with Crippen LogP contribution in [0.4, 0.5) is 13.2 Å². The Labute approximate surface area is 201 Å². The lowest BCUT2D eigenvalue weighted by Gasteiger charge is -2.37. The van der Waals surface area contributed by atoms with E-state index in [1.54, 1.807) is 6.07 Å². The summed E-state index contributed by atoms with van der Waals surface area (Å²) < 4.78 is 67.6. The van der Waals surface area contributed by atoms with E-state index in [1.807, 2.05) is 0 Å². The first-order valence-corrected chi connectivity index (χ1v) is 12.4. The molecule has 1 saturated heterocycles. The largest absolute Gasteiger partial charge is 0.573 e. The number of ether oxygens (including phenoxy) is 1. The van der Waals surface area contributed by atoms with E-state index in [1.165, 1.54) is 30.9 Å². The van der Waals surface area contributed by atoms with Crippen LogP contribution < -0.4 is 14.8 Å². The molecule has 14 heteroatoms. The number of hydrogen-bond acceptors (Lipinski definition) is 7. The molecule has 1 aliphatic heterocycles. The summed E-state index contributed by atoms with van der Waals surface area (Å²) in [6.07, 6.45) is -3.33. The number of alkyl halides is 3. The molecule has 194 valence electrons. The molecule has 0 radical (unpaired) electrons. The van der Waals surface area contributed by atoms with Gasteiger partial charge < -0.3 is 20.1 Å². The van der Waals surface area contributed by atoms with Gasteiger partial charge in [-0.1, -0.05) is 6.07 Å². The molecule has 2 atom stereocenters. The zero-order chi connectivity index (χ0) is 26.6. The standard InChI is InChI=1S/C21H27F3N4O6S/c1-20(2,31)17(27-35(3,32)33)19(30)28-8-4-5-15(12-28)18(29)26-11-14-7-6-13(10-25)9-16(14)34-21(22,23)24/h6-7,9,15,17,27,31H,4-5,8,11-12H2,1-3H3,(H,26,29)/t15-,17+/m1/s1. The number of likely N-dealkylation sites (tertiary alicyclic amines) is 1. The Morgan fingerprint density at radius 2 is 2.00 bits per heavy atom. The Kier molecular flexibility index (Phi) is 8.75. The highest BCUT2D eigenvalue weighted by Crippen LogP contribution is 2.28. The molecule has 0 bridgehead atoms. The highest BCUT2D eigenvalue weighted by Gasteiger charge is 2.40. The maximum absolute atomic E-state index is 13.0. The van der Waals surface area contributed by atoms with Gasteiger partial charge in [-0.2, -0.15) is 5.26 Å². The molecule has 1 aromatic rings. The fourth-order valence-corrected chi connectivity index (χ4v) is 4.42. The third-order valence-corrected chi connectivity index (χ3v) is 5.93. The van der Waals surface area contributed by atoms with Crippen LogP contribution in [0.5, 0.6) is 5.75 Å². The van der Waals surface area contributed by atoms with Gasteiger partial charge in [0.15, 0.2) is 0 Å². The normalized spacial score (nSPS) is 17.9. The van der Waals surface area contributed by atoms with Gasteiger partial charge in [-0.25, -0.2) is 13.1 Å². The zero-order valence-corrected chi connectivity index (χ0v) is 20.2. The molecule has 1 aliphatic rings. The van der Waals surface area contributed by atoms with Gasteiger partial charge in [0.2, 0.25) is 21.8 Å². The number of nitrogens with one attached hydrogen (secondary N) is 2. The molecule has 3 N–H and O–H groups in total. The number of hydrogen-bond donors (Lipinski definition) is 3. The van der Waals surface area contributed by atoms with Gasteiger partial charge in [-0.05, 0) is 38.8 Å². The molecule has 10 nitrogen and oxygen atoms in total. The number of nitrogens with zero attached hydrogens (tertiary/aromatic N) is 2. The number of benzene rings is 1. The second kappa shape index (κ2) is 10.8. The summed E-state index contributed by atoms with van der Waals surface area (Å²) in [6.45, 7) is 2.41. The van der Waals surface area contributed by atoms with Gasteiger partial charge in [-0.15, -0.1) is 13.2 Å². The monoisotopic (exact) mass is 520 g/mol. The molecule has 35 heavy (non-hydrogen) atoms. The van der Waals surface area contributed by atoms with E-state index in [4.69, 9.17) is 5.26 Å². The third-order valence-electron chi connectivity index (χ3n) is 5.26. The van der Waals surface area contributed by atoms with Crippen LogP contribution in [0.2, 0.25) is 0 Å². The van der Waals surface area contributed by atoms with E-state index in [0.29, 0.717) is 12.8 Å². The van der Waals surface area contributed by atoms with Gasteiger partial charge >= 0.3 is 6.36 Å². The topological polar surface area (TPSA) is 149 Å². The van der Waals surface area contributed by atoms with Crippen LogP contribution in [0.3, 0.4) is 0 Å². The highest BCUT2D eigenvalue weighted by atomic mass is 32.2. The lowest BCUT2D eigenvalue weighted by atomic mass is 9.93. The van der Waals surface area contributed by atoms with E-state index >= 15 is 0 Å². The lowest BCUT2D eigenvalue weighted by Crippen LogP contribution is -2.60. The quantitative estimate of drug-likeness (QED) is 0.463. The molecule has 1 heterocycles. The van der Waals surface area contributed by atoms with Crippen LogP contribution in [0.1, 0.15) is 37.8 Å². The number of carbonyl (C=O) groups excluding carboxylic acids is 2. The van der Waals surface area contributed by atoms with Crippen molar-refractivity contribution in [1.29, 1.82) is 5.26 Å². The highest BCUT2D eigenvalue weighted by molar-refractivity contribution is 7.88. The molecule has 2 rings (SSSR count). The second-order valence-electron chi connectivity index (χ2n) is 8.80. The third kappa shape index (κ3) is 8.68. The number of piperidine rings is 1. The van der Waals surface area contributed by atoms with Gasteiger partial charge in [0.05, 0.1) is 29.4 Å². The van der Waals surface area contributed by atoms with Crippen LogP contribution >= 0.6 is 0 Å². The van der Waals surface area contributed by atoms with Gasteiger partial charge in [0.25, 0.3) is 0 Å². The van der Waals surface area contributed by atoms with Crippen molar-refractivity contribution in [1.82, 2.24) is 14.9 Å². The molecule has 0 unspecified atom stereocenters. The minimum Gasteiger partial charge on any atom is -0.405 e. The van der Waals surface area contributed by atoms with E-state index in [-0.39, 0.29) is 30.8 Å². The van der Waals surface area contributed by atoms with E-state index < -0.39 is 51.5 Å². The van der Waals surface area contributed by atoms with Gasteiger partial charge in [0, 0.05) is 25.2 Å². The van der Waals surface area contributed by atoms with Crippen molar-refractivity contribution in [2.45, 2.75) is 51.2 Å². The summed E-state index contributed by atoms with van der Waals surface area (Å²) in [5.41, 5.74) is -1.78. The van der Waals surface area contributed by atoms with Gasteiger partial charge in [0.1, 0.15) is 11.8 Å². The van der Waals surface area contributed by atoms with Crippen molar-refractivity contribution in [3.8, 4) is 11.8 Å². The van der Waals surface area contributed by atoms with Crippen molar-refractivity contribution in [3.63, 3.8) is 0 Å². The Bertz CT molecular complexity index is 1100. The number of rotatable bonds is 8. The lowest BCUT2D eigenvalue weighted by molar-refractivity contribution is -0.274. The van der Waals surface area contributed by atoms with Gasteiger partial charge in [-0.3, -0.25) is 9.59 Å². The Balaban J connectivity index is 2.11. The summed E-state index contributed by atoms with van der Waals surface area (Å²) in [5, 5.41) is 21.7. The fourth-order valence-electron chi connectivity index (χ4n) is 3.60. The van der Waals surface area contributed by atoms with E-state index in [9.17, 15) is 36.3 Å². The number of amides is 2. The number of carbonyl (C=O) groups is 2. The molecule has 1 fully saturated rings. The molecular weight excluding hydrogens is 493 g/mol. The summed E-state index contributed by atoms with van der Waals surface area (Å²) in [5.74, 6) is -2.55. The molecular formula is C21H27F3N4O6S. The van der Waals surface area contributed by atoms with Crippen LogP contribution in [-0.2, 0) is 26.2 Å². The summed E-state index contributed by atoms with van der Waals surface area (Å²) in [4.78, 5) is 27.0. The number of halogens is 3. The second-order valence-corrected chi connectivity index (χ2v) is 10.6. The minimum absolute atomic E-state index is 0.00198. The van der Waals surface area contributed by atoms with Crippen molar-refractivity contribution in [2.75, 3.05) is 19.3 Å². The minimum atomic E-state index is -4.99. The first-order chi connectivity index (χ1) is 16.0. The molecule has 0 aromatic heterocycles. The van der Waals surface area contributed by atoms with Crippen LogP contribution in [0.15, 0.2) is 18.2 Å². The zero-order valence-electron chi connectivity index (χ0n) is 19.3. The SMILES string of the molecule is CC(C)(O)[C@@H](NS(C)(=O)=O)C(=O)N1CCC[C@@H](C(=O)NCc2ccc(C#N)cc2OC(F)(F)F)C1. The van der Waals surface area contributed by atoms with Crippen molar-refractivity contribution in [3.05, 3.63) is 29.3 Å². The van der Waals surface area contributed by atoms with Crippen molar-refractivity contribution >= 4 is 21.8 Å². The molecule has 2 amide bonds. The Morgan fingerprint density at radius 3 is 2.54 bits per heavy atom. The smallest absolute Gasteiger partial charge is 0.405 e. The first-order valence-electron chi connectivity index (χ1n) is 10.5. The summed E-state index contributed by atoms with van der Waals surface area (Å²) in [6, 6.07) is 3.69. The first kappa shape index (κ1) is 28.3. The molecule has 0 aliphatic carbocycles. The van der Waals surface area contributed by atoms with Crippen LogP contribution in [-0.4, -0.2) is 67.6 Å². The summed E-state index contributed by atoms with van der Waals surface area (Å²) >= 11 is 0. The number of aliphatic hydroxyl groups is 1. The summed E-state index contributed by atoms with van der Waals surface area (Å²) in [7, 11) is -3.83. The average Bonchev–Trinajstić information content (AvgIpc) is 2.73. The maximum Gasteiger partial charge on any atom is 0.573 e. The van der Waals surface area contributed by atoms with Crippen LogP contribution in [0, 0.1) is 17.2 Å². The maximum atomic E-state index is 13.0. The Morgan fingerprint density at radius 1 is 1.34 bits per heavy atom. The average molecular weight is 521 g/mol. The molecule has 0 spiro atoms. The van der Waals surface area contributed by atoms with Crippen molar-refractivity contribution in [2.24, 2.45) is 5.92 Å².